The fourth-order valence-corrected chi connectivity index (χ4v) is 5.86. The second-order valence-electron chi connectivity index (χ2n) is 6.66. The molecule has 1 saturated heterocycles. The predicted octanol–water partition coefficient (Wildman–Crippen LogP) is 0.0522. The van der Waals surface area contributed by atoms with Crippen LogP contribution in [0.25, 0.3) is 11.0 Å². The molecule has 1 unspecified atom stereocenters. The van der Waals surface area contributed by atoms with Gasteiger partial charge in [-0.2, -0.15) is 4.31 Å². The van der Waals surface area contributed by atoms with Gasteiger partial charge >= 0.3 is 11.1 Å². The Bertz CT molecular complexity index is 1090. The second kappa shape index (κ2) is 7.49. The smallest absolute Gasteiger partial charge is 0.314 e. The van der Waals surface area contributed by atoms with Crippen LogP contribution in [0.5, 0.6) is 0 Å². The Labute approximate surface area is 159 Å². The summed E-state index contributed by atoms with van der Waals surface area (Å²) >= 11 is 1.36. The molecule has 0 radical (unpaired) electrons. The third-order valence-electron chi connectivity index (χ3n) is 4.13. The molecular formula is C16H20N4O5S2. The molecule has 0 aliphatic carbocycles. The van der Waals surface area contributed by atoms with Crippen molar-refractivity contribution in [3.05, 3.63) is 38.9 Å². The van der Waals surface area contributed by atoms with E-state index in [1.807, 2.05) is 13.8 Å². The molecule has 0 saturated carbocycles. The maximum Gasteiger partial charge on any atom is 0.314 e. The van der Waals surface area contributed by atoms with Crippen LogP contribution >= 0.6 is 11.8 Å². The fraction of sp³-hybridized carbons (Fsp3) is 0.438. The van der Waals surface area contributed by atoms with E-state index in [1.54, 1.807) is 0 Å². The molecule has 1 atom stereocenters. The van der Waals surface area contributed by atoms with Gasteiger partial charge in [0.2, 0.25) is 15.9 Å². The molecule has 3 N–H and O–H groups in total. The average Bonchev–Trinajstić information content (AvgIpc) is 3.11. The molecule has 0 bridgehead atoms. The number of rotatable bonds is 5. The number of benzene rings is 1. The Hall–Kier alpha value is -2.11. The Kier molecular flexibility index (Phi) is 5.45. The first kappa shape index (κ1) is 19.6. The van der Waals surface area contributed by atoms with Crippen molar-refractivity contribution in [2.24, 2.45) is 5.92 Å². The van der Waals surface area contributed by atoms with E-state index in [4.69, 9.17) is 0 Å². The number of sulfonamides is 1. The zero-order chi connectivity index (χ0) is 19.8. The minimum absolute atomic E-state index is 0.0538. The summed E-state index contributed by atoms with van der Waals surface area (Å²) in [5.41, 5.74) is -1.15. The summed E-state index contributed by atoms with van der Waals surface area (Å²) in [7, 11) is -3.95. The highest BCUT2D eigenvalue weighted by atomic mass is 32.2. The van der Waals surface area contributed by atoms with Crippen LogP contribution in [0.4, 0.5) is 0 Å². The molecule has 0 spiro atoms. The van der Waals surface area contributed by atoms with Gasteiger partial charge in [-0.05, 0) is 24.1 Å². The van der Waals surface area contributed by atoms with Crippen molar-refractivity contribution in [3.8, 4) is 0 Å². The van der Waals surface area contributed by atoms with E-state index in [1.165, 1.54) is 30.0 Å². The summed E-state index contributed by atoms with van der Waals surface area (Å²) < 4.78 is 27.3. The lowest BCUT2D eigenvalue weighted by molar-refractivity contribution is -0.123. The molecular weight excluding hydrogens is 392 g/mol. The maximum atomic E-state index is 13.1. The zero-order valence-electron chi connectivity index (χ0n) is 14.8. The van der Waals surface area contributed by atoms with E-state index >= 15 is 0 Å². The van der Waals surface area contributed by atoms with Gasteiger partial charge in [0.25, 0.3) is 0 Å². The lowest BCUT2D eigenvalue weighted by Gasteiger charge is -2.23. The molecule has 27 heavy (non-hydrogen) atoms. The van der Waals surface area contributed by atoms with Crippen molar-refractivity contribution in [2.75, 3.05) is 18.2 Å². The largest absolute Gasteiger partial charge is 0.354 e. The van der Waals surface area contributed by atoms with Crippen molar-refractivity contribution in [1.29, 1.82) is 0 Å². The number of carbonyl (C=O) groups excluding carboxylic acids is 1. The Balaban J connectivity index is 1.94. The van der Waals surface area contributed by atoms with Crippen LogP contribution in [0, 0.1) is 5.92 Å². The summed E-state index contributed by atoms with van der Waals surface area (Å²) in [6.07, 6.45) is 0. The van der Waals surface area contributed by atoms with E-state index in [2.05, 4.69) is 15.3 Å². The summed E-state index contributed by atoms with van der Waals surface area (Å²) in [4.78, 5) is 40.0. The van der Waals surface area contributed by atoms with Crippen molar-refractivity contribution in [1.82, 2.24) is 19.6 Å². The average molecular weight is 412 g/mol. The molecule has 1 aromatic carbocycles. The van der Waals surface area contributed by atoms with E-state index < -0.39 is 27.2 Å². The van der Waals surface area contributed by atoms with E-state index in [9.17, 15) is 22.8 Å². The molecule has 1 aliphatic rings. The quantitative estimate of drug-likeness (QED) is 0.595. The van der Waals surface area contributed by atoms with Gasteiger partial charge < -0.3 is 15.3 Å². The van der Waals surface area contributed by atoms with Gasteiger partial charge in [0.15, 0.2) is 0 Å². The number of nitrogens with zero attached hydrogens (tertiary/aromatic N) is 1. The van der Waals surface area contributed by atoms with Crippen LogP contribution in [0.1, 0.15) is 13.8 Å². The van der Waals surface area contributed by atoms with Crippen LogP contribution in [0.3, 0.4) is 0 Å². The Morgan fingerprint density at radius 2 is 1.93 bits per heavy atom. The van der Waals surface area contributed by atoms with Gasteiger partial charge in [0.1, 0.15) is 6.04 Å². The highest BCUT2D eigenvalue weighted by Gasteiger charge is 2.40. The number of amides is 1. The Morgan fingerprint density at radius 1 is 1.26 bits per heavy atom. The molecule has 3 rings (SSSR count). The van der Waals surface area contributed by atoms with Gasteiger partial charge in [-0.25, -0.2) is 8.42 Å². The van der Waals surface area contributed by atoms with Crippen molar-refractivity contribution in [2.45, 2.75) is 24.8 Å². The highest BCUT2D eigenvalue weighted by molar-refractivity contribution is 8.00. The van der Waals surface area contributed by atoms with Gasteiger partial charge in [-0.1, -0.05) is 13.8 Å². The van der Waals surface area contributed by atoms with Gasteiger partial charge in [-0.3, -0.25) is 14.4 Å². The molecule has 1 amide bonds. The third kappa shape index (κ3) is 3.94. The lowest BCUT2D eigenvalue weighted by Crippen LogP contribution is -2.47. The molecule has 9 nitrogen and oxygen atoms in total. The van der Waals surface area contributed by atoms with Crippen LogP contribution in [0.15, 0.2) is 32.7 Å². The minimum atomic E-state index is -3.95. The van der Waals surface area contributed by atoms with Crippen LogP contribution < -0.4 is 16.4 Å². The minimum Gasteiger partial charge on any atom is -0.354 e. The zero-order valence-corrected chi connectivity index (χ0v) is 16.4. The predicted molar refractivity (Wildman–Crippen MR) is 103 cm³/mol. The van der Waals surface area contributed by atoms with Crippen molar-refractivity contribution in [3.63, 3.8) is 0 Å². The first-order chi connectivity index (χ1) is 12.7. The van der Waals surface area contributed by atoms with Gasteiger partial charge in [-0.15, -0.1) is 11.8 Å². The maximum absolute atomic E-state index is 13.1. The molecule has 2 heterocycles. The van der Waals surface area contributed by atoms with Crippen LogP contribution in [-0.4, -0.2) is 52.8 Å². The highest BCUT2D eigenvalue weighted by Crippen LogP contribution is 2.29. The molecule has 1 aliphatic heterocycles. The first-order valence-electron chi connectivity index (χ1n) is 8.34. The molecule has 1 fully saturated rings. The molecule has 2 aromatic rings. The number of carbonyl (C=O) groups is 1. The summed E-state index contributed by atoms with van der Waals surface area (Å²) in [5, 5.41) is 2.78. The van der Waals surface area contributed by atoms with Gasteiger partial charge in [0.05, 0.1) is 21.8 Å². The standard InChI is InChI=1S/C16H20N4O5S2/c1-9(2)6-17-14(21)13-7-26-8-20(13)27(24,25)10-3-4-11-12(5-10)19-16(23)15(22)18-11/h3-5,9,13H,6-8H2,1-2H3,(H,17,21)(H,18,22)(H,19,23). The number of aromatic amines is 2. The lowest BCUT2D eigenvalue weighted by atomic mass is 10.2. The van der Waals surface area contributed by atoms with Crippen molar-refractivity contribution >= 4 is 38.7 Å². The summed E-state index contributed by atoms with van der Waals surface area (Å²) in [5.74, 6) is 0.478. The first-order valence-corrected chi connectivity index (χ1v) is 10.9. The molecule has 1 aromatic heterocycles. The monoisotopic (exact) mass is 412 g/mol. The van der Waals surface area contributed by atoms with Crippen LogP contribution in [0.2, 0.25) is 0 Å². The number of hydrogen-bond acceptors (Lipinski definition) is 6. The number of hydrogen-bond donors (Lipinski definition) is 3. The van der Waals surface area contributed by atoms with Crippen molar-refractivity contribution < 1.29 is 13.2 Å². The van der Waals surface area contributed by atoms with Gasteiger partial charge in [0, 0.05) is 12.3 Å². The summed E-state index contributed by atoms with van der Waals surface area (Å²) in [6, 6.07) is 3.26. The number of aromatic nitrogens is 2. The molecule has 146 valence electrons. The number of thioether (sulfide) groups is 1. The number of fused-ring (bicyclic) bond motifs is 1. The van der Waals surface area contributed by atoms with E-state index in [0.29, 0.717) is 17.8 Å². The second-order valence-corrected chi connectivity index (χ2v) is 9.55. The number of H-pyrrole nitrogens is 2. The fourth-order valence-electron chi connectivity index (χ4n) is 2.68. The molecule has 11 heteroatoms. The third-order valence-corrected chi connectivity index (χ3v) is 7.16. The summed E-state index contributed by atoms with van der Waals surface area (Å²) in [6.45, 7) is 4.38. The van der Waals surface area contributed by atoms with E-state index in [0.717, 1.165) is 4.31 Å². The Morgan fingerprint density at radius 3 is 2.59 bits per heavy atom. The topological polar surface area (TPSA) is 132 Å². The number of nitrogens with one attached hydrogen (secondary N) is 3. The van der Waals surface area contributed by atoms with Crippen LogP contribution in [-0.2, 0) is 14.8 Å². The SMILES string of the molecule is CC(C)CNC(=O)C1CSCN1S(=O)(=O)c1ccc2[nH]c(=O)c(=O)[nH]c2c1. The van der Waals surface area contributed by atoms with E-state index in [-0.39, 0.29) is 28.1 Å². The normalized spacial score (nSPS) is 18.3.